The molecule has 416 valence electrons. The lowest BCUT2D eigenvalue weighted by atomic mass is 10.1. The normalized spacial score (nSPS) is 14.2. The number of esters is 2. The van der Waals surface area contributed by atoms with Crippen LogP contribution in [0.2, 0.25) is 0 Å². The highest BCUT2D eigenvalue weighted by molar-refractivity contribution is 7.45. The Morgan fingerprint density at radius 1 is 0.438 bits per heavy atom. The number of unbranched alkanes of at least 4 members (excludes halogenated alkanes) is 17. The molecule has 0 fully saturated rings. The number of rotatable bonds is 51. The van der Waals surface area contributed by atoms with E-state index in [4.69, 9.17) is 18.5 Å². The van der Waals surface area contributed by atoms with E-state index in [1.54, 1.807) is 0 Å². The van der Waals surface area contributed by atoms with Crippen molar-refractivity contribution in [2.24, 2.45) is 0 Å². The van der Waals surface area contributed by atoms with Gasteiger partial charge >= 0.3 is 11.9 Å². The van der Waals surface area contributed by atoms with Gasteiger partial charge in [0.1, 0.15) is 19.8 Å². The van der Waals surface area contributed by atoms with Gasteiger partial charge in [0.15, 0.2) is 6.10 Å². The van der Waals surface area contributed by atoms with Crippen molar-refractivity contribution in [2.45, 2.75) is 219 Å². The topological polar surface area (TPSA) is 111 Å². The molecule has 2 atom stereocenters. The third-order valence-electron chi connectivity index (χ3n) is 11.7. The lowest BCUT2D eigenvalue weighted by molar-refractivity contribution is -0.870. The minimum atomic E-state index is -4.65. The van der Waals surface area contributed by atoms with Crippen molar-refractivity contribution in [3.63, 3.8) is 0 Å². The van der Waals surface area contributed by atoms with Crippen molar-refractivity contribution in [3.8, 4) is 0 Å². The molecule has 0 amide bonds. The Bertz CT molecular complexity index is 1650. The van der Waals surface area contributed by atoms with Gasteiger partial charge in [0.05, 0.1) is 27.7 Å². The zero-order valence-electron chi connectivity index (χ0n) is 47.0. The number of phosphoric acid groups is 1. The van der Waals surface area contributed by atoms with Gasteiger partial charge in [-0.1, -0.05) is 212 Å². The summed E-state index contributed by atoms with van der Waals surface area (Å²) in [5, 5.41) is 0. The fraction of sp³-hybridized carbons (Fsp3) is 0.651. The standard InChI is InChI=1S/C63H106NO8P/c1-6-8-10-12-14-16-18-20-22-24-25-26-27-28-29-30-31-32-33-34-35-36-37-38-39-40-42-44-46-48-50-52-54-56-63(66)72-61(60-71-73(67,68)70-58-57-64(3,4)5)59-69-62(65)55-53-51-49-47-45-43-41-23-21-19-17-15-13-11-9-7-2/h8,10,14,16-17,19-20,22-23,25-26,28-29,31-32,34-35,37-38,41,61H,6-7,9,11-13,15,18,21,24,27,30,33,36,39-40,42-60H2,1-5H3/b10-8-,16-14-,19-17-,22-20-,26-25-,29-28-,32-31-,35-34-,38-37-,41-23-. The Kier molecular flexibility index (Phi) is 50.6. The molecular weight excluding hydrogens is 930 g/mol. The van der Waals surface area contributed by atoms with E-state index in [1.165, 1.54) is 57.8 Å². The molecular formula is C63H106NO8P. The molecule has 0 aliphatic carbocycles. The molecule has 0 saturated carbocycles. The number of ether oxygens (including phenoxy) is 2. The van der Waals surface area contributed by atoms with Gasteiger partial charge in [-0.05, 0) is 109 Å². The molecule has 0 aromatic rings. The Labute approximate surface area is 448 Å². The molecule has 0 heterocycles. The van der Waals surface area contributed by atoms with Gasteiger partial charge in [0.2, 0.25) is 0 Å². The second kappa shape index (κ2) is 53.2. The summed E-state index contributed by atoms with van der Waals surface area (Å²) in [6, 6.07) is 0. The summed E-state index contributed by atoms with van der Waals surface area (Å²) < 4.78 is 34.1. The van der Waals surface area contributed by atoms with Gasteiger partial charge in [-0.3, -0.25) is 14.2 Å². The number of hydrogen-bond donors (Lipinski definition) is 0. The van der Waals surface area contributed by atoms with Gasteiger partial charge in [-0.25, -0.2) is 0 Å². The second-order valence-electron chi connectivity index (χ2n) is 19.9. The number of allylic oxidation sites excluding steroid dienone is 20. The summed E-state index contributed by atoms with van der Waals surface area (Å²) in [5.74, 6) is -0.867. The molecule has 0 N–H and O–H groups in total. The van der Waals surface area contributed by atoms with E-state index in [0.29, 0.717) is 23.9 Å². The Balaban J connectivity index is 4.21. The lowest BCUT2D eigenvalue weighted by Gasteiger charge is -2.28. The first-order chi connectivity index (χ1) is 35.5. The van der Waals surface area contributed by atoms with E-state index in [9.17, 15) is 19.0 Å². The highest BCUT2D eigenvalue weighted by atomic mass is 31.2. The van der Waals surface area contributed by atoms with Crippen LogP contribution in [0.4, 0.5) is 0 Å². The van der Waals surface area contributed by atoms with Crippen molar-refractivity contribution in [2.75, 3.05) is 47.5 Å². The van der Waals surface area contributed by atoms with Crippen molar-refractivity contribution in [1.29, 1.82) is 0 Å². The maximum Gasteiger partial charge on any atom is 0.306 e. The zero-order valence-corrected chi connectivity index (χ0v) is 47.9. The van der Waals surface area contributed by atoms with Crippen molar-refractivity contribution in [3.05, 3.63) is 122 Å². The summed E-state index contributed by atoms with van der Waals surface area (Å²) >= 11 is 0. The fourth-order valence-electron chi connectivity index (χ4n) is 7.29. The number of carbonyl (C=O) groups excluding carboxylic acids is 2. The average molecular weight is 1040 g/mol. The van der Waals surface area contributed by atoms with Crippen LogP contribution < -0.4 is 4.89 Å². The minimum absolute atomic E-state index is 0.0413. The Hall–Kier alpha value is -3.59. The zero-order chi connectivity index (χ0) is 53.5. The first-order valence-corrected chi connectivity index (χ1v) is 30.2. The largest absolute Gasteiger partial charge is 0.756 e. The summed E-state index contributed by atoms with van der Waals surface area (Å²) in [6.07, 6.45) is 75.2. The van der Waals surface area contributed by atoms with Crippen LogP contribution in [0.25, 0.3) is 0 Å². The maximum absolute atomic E-state index is 12.8. The monoisotopic (exact) mass is 1040 g/mol. The quantitative estimate of drug-likeness (QED) is 0.0195. The van der Waals surface area contributed by atoms with Crippen LogP contribution in [0, 0.1) is 0 Å². The van der Waals surface area contributed by atoms with E-state index in [-0.39, 0.29) is 26.1 Å². The molecule has 0 radical (unpaired) electrons. The van der Waals surface area contributed by atoms with Crippen LogP contribution in [0.3, 0.4) is 0 Å². The minimum Gasteiger partial charge on any atom is -0.756 e. The van der Waals surface area contributed by atoms with Gasteiger partial charge < -0.3 is 27.9 Å². The predicted octanol–water partition coefficient (Wildman–Crippen LogP) is 17.3. The lowest BCUT2D eigenvalue weighted by Crippen LogP contribution is -2.37. The molecule has 10 heteroatoms. The summed E-state index contributed by atoms with van der Waals surface area (Å²) in [5.41, 5.74) is 0. The summed E-state index contributed by atoms with van der Waals surface area (Å²) in [6.45, 7) is 4.06. The van der Waals surface area contributed by atoms with Gasteiger partial charge in [-0.15, -0.1) is 0 Å². The summed E-state index contributed by atoms with van der Waals surface area (Å²) in [7, 11) is 1.13. The maximum atomic E-state index is 12.8. The molecule has 9 nitrogen and oxygen atoms in total. The van der Waals surface area contributed by atoms with Gasteiger partial charge in [0, 0.05) is 12.8 Å². The Morgan fingerprint density at radius 3 is 1.16 bits per heavy atom. The first kappa shape index (κ1) is 69.4. The van der Waals surface area contributed by atoms with Crippen molar-refractivity contribution in [1.82, 2.24) is 0 Å². The van der Waals surface area contributed by atoms with Crippen molar-refractivity contribution < 1.29 is 42.1 Å². The Morgan fingerprint density at radius 2 is 0.781 bits per heavy atom. The van der Waals surface area contributed by atoms with E-state index < -0.39 is 32.5 Å². The summed E-state index contributed by atoms with van der Waals surface area (Å²) in [4.78, 5) is 37.8. The van der Waals surface area contributed by atoms with Crippen LogP contribution in [0.1, 0.15) is 213 Å². The van der Waals surface area contributed by atoms with Crippen LogP contribution in [0.5, 0.6) is 0 Å². The molecule has 2 unspecified atom stereocenters. The molecule has 73 heavy (non-hydrogen) atoms. The van der Waals surface area contributed by atoms with E-state index >= 15 is 0 Å². The number of phosphoric ester groups is 1. The highest BCUT2D eigenvalue weighted by Crippen LogP contribution is 2.38. The molecule has 0 bridgehead atoms. The van der Waals surface area contributed by atoms with Crippen LogP contribution in [0.15, 0.2) is 122 Å². The third-order valence-corrected chi connectivity index (χ3v) is 12.7. The molecule has 0 aromatic carbocycles. The van der Waals surface area contributed by atoms with Crippen molar-refractivity contribution >= 4 is 19.8 Å². The molecule has 0 saturated heterocycles. The number of carbonyl (C=O) groups is 2. The van der Waals surface area contributed by atoms with E-state index in [1.807, 2.05) is 21.1 Å². The smallest absolute Gasteiger partial charge is 0.306 e. The number of nitrogens with zero attached hydrogens (tertiary/aromatic N) is 1. The number of quaternary nitrogens is 1. The van der Waals surface area contributed by atoms with E-state index in [0.717, 1.165) is 116 Å². The van der Waals surface area contributed by atoms with E-state index in [2.05, 4.69) is 135 Å². The van der Waals surface area contributed by atoms with Crippen LogP contribution >= 0.6 is 7.82 Å². The molecule has 0 aliphatic heterocycles. The molecule has 0 aliphatic rings. The molecule has 0 rings (SSSR count). The second-order valence-corrected chi connectivity index (χ2v) is 21.3. The SMILES string of the molecule is CC/C=C\C/C=C\C/C=C\C/C=C\C/C=C\C/C=C\C/C=C\C/C=C\CCCCCCCCCCC(=O)OC(COC(=O)CCCCCCC/C=C\C/C=C\CCCCCC)COP(=O)([O-])OCC[N+](C)(C)C. The number of likely N-dealkylation sites (N-methyl/N-ethyl adjacent to an activating group) is 1. The van der Waals surface area contributed by atoms with Crippen LogP contribution in [-0.2, 0) is 32.7 Å². The number of hydrogen-bond acceptors (Lipinski definition) is 8. The average Bonchev–Trinajstić information content (AvgIpc) is 3.35. The first-order valence-electron chi connectivity index (χ1n) is 28.7. The van der Waals surface area contributed by atoms with Crippen LogP contribution in [-0.4, -0.2) is 70.0 Å². The predicted molar refractivity (Wildman–Crippen MR) is 309 cm³/mol. The molecule has 0 spiro atoms. The third kappa shape index (κ3) is 57.5. The van der Waals surface area contributed by atoms with Gasteiger partial charge in [-0.2, -0.15) is 0 Å². The highest BCUT2D eigenvalue weighted by Gasteiger charge is 2.21. The van der Waals surface area contributed by atoms with Gasteiger partial charge in [0.25, 0.3) is 7.82 Å². The fourth-order valence-corrected chi connectivity index (χ4v) is 8.02. The molecule has 0 aromatic heterocycles.